The largest absolute Gasteiger partial charge is 0.0654 e. The molecule has 0 rings (SSSR count). The van der Waals surface area contributed by atoms with Crippen LogP contribution in [-0.4, -0.2) is 29.6 Å². The maximum Gasteiger partial charge on any atom is 0 e. The van der Waals surface area contributed by atoms with Gasteiger partial charge < -0.3 is 0 Å². The average molecular weight is 277 g/mol. The van der Waals surface area contributed by atoms with Gasteiger partial charge in [-0.05, 0) is 0 Å². The van der Waals surface area contributed by atoms with Crippen LogP contribution in [0.3, 0.4) is 0 Å². The van der Waals surface area contributed by atoms with E-state index in [0.717, 1.165) is 0 Å². The van der Waals surface area contributed by atoms with Gasteiger partial charge in [-0.25, -0.2) is 0 Å². The van der Waals surface area contributed by atoms with Crippen LogP contribution in [0.5, 0.6) is 0 Å². The summed E-state index contributed by atoms with van der Waals surface area (Å²) in [5.74, 6) is 0. The summed E-state index contributed by atoms with van der Waals surface area (Å²) >= 11 is 0. The van der Waals surface area contributed by atoms with Crippen LogP contribution in [0.2, 0.25) is 0 Å². The summed E-state index contributed by atoms with van der Waals surface area (Å²) in [7, 11) is 0. The first-order chi connectivity index (χ1) is 8.91. The van der Waals surface area contributed by atoms with E-state index >= 15 is 0 Å². The van der Waals surface area contributed by atoms with Gasteiger partial charge in [0.1, 0.15) is 0 Å². The van der Waals surface area contributed by atoms with Gasteiger partial charge in [0, 0.05) is 29.6 Å². The van der Waals surface area contributed by atoms with Gasteiger partial charge in [0.15, 0.2) is 0 Å². The van der Waals surface area contributed by atoms with Gasteiger partial charge in [-0.15, -0.1) is 0 Å². The predicted molar refractivity (Wildman–Crippen MR) is 91.0 cm³/mol. The summed E-state index contributed by atoms with van der Waals surface area (Å²) < 4.78 is 0. The molecule has 0 saturated carbocycles. The number of hydrogen-bond donors (Lipinski definition) is 0. The monoisotopic (exact) mass is 277 g/mol. The van der Waals surface area contributed by atoms with Gasteiger partial charge >= 0.3 is 0 Å². The van der Waals surface area contributed by atoms with Crippen molar-refractivity contribution in [3.05, 3.63) is 0 Å². The number of unbranched alkanes of at least 4 members (excludes halogenated alkanes) is 15. The van der Waals surface area contributed by atoms with Crippen molar-refractivity contribution in [1.29, 1.82) is 0 Å². The Morgan fingerprint density at radius 2 is 0.474 bits per heavy atom. The molecule has 0 aromatic rings. The molecule has 19 heavy (non-hydrogen) atoms. The van der Waals surface area contributed by atoms with Crippen molar-refractivity contribution < 1.29 is 0 Å². The molecule has 0 aromatic carbocycles. The van der Waals surface area contributed by atoms with Gasteiger partial charge in [0.05, 0.1) is 0 Å². The summed E-state index contributed by atoms with van der Waals surface area (Å²) in [6.45, 7) is 4.59. The van der Waals surface area contributed by atoms with Crippen LogP contribution in [-0.2, 0) is 0 Å². The third kappa shape index (κ3) is 21.4. The molecule has 0 aliphatic rings. The van der Waals surface area contributed by atoms with E-state index in [9.17, 15) is 0 Å². The molecular weight excluding hydrogens is 239 g/mol. The van der Waals surface area contributed by atoms with Crippen molar-refractivity contribution in [3.8, 4) is 0 Å². The smallest absolute Gasteiger partial charge is 0 e. The molecule has 0 atom stereocenters. The van der Waals surface area contributed by atoms with Gasteiger partial charge in [0.2, 0.25) is 0 Å². The van der Waals surface area contributed by atoms with E-state index in [1.165, 1.54) is 103 Å². The standard InChI is InChI=1S/C18H38.Na/c1-3-5-7-9-11-13-15-17-18-16-14-12-10-8-6-4-2;/h3-18H2,1-2H3;. The molecule has 0 saturated heterocycles. The molecule has 111 valence electrons. The Bertz CT molecular complexity index is 118. The molecule has 1 heteroatoms. The molecule has 0 spiro atoms. The fourth-order valence-corrected chi connectivity index (χ4v) is 2.62. The quantitative estimate of drug-likeness (QED) is 0.226. The van der Waals surface area contributed by atoms with Crippen LogP contribution in [0, 0.1) is 0 Å². The summed E-state index contributed by atoms with van der Waals surface area (Å²) in [4.78, 5) is 0. The molecule has 0 unspecified atom stereocenters. The molecule has 0 aromatic heterocycles. The first kappa shape index (κ1) is 22.3. The van der Waals surface area contributed by atoms with E-state index in [4.69, 9.17) is 0 Å². The molecule has 1 radical (unpaired) electrons. The van der Waals surface area contributed by atoms with Crippen molar-refractivity contribution in [2.24, 2.45) is 0 Å². The van der Waals surface area contributed by atoms with Crippen LogP contribution in [0.15, 0.2) is 0 Å². The minimum atomic E-state index is 0. The minimum absolute atomic E-state index is 0. The second-order valence-corrected chi connectivity index (χ2v) is 5.95. The van der Waals surface area contributed by atoms with Crippen molar-refractivity contribution in [3.63, 3.8) is 0 Å². The van der Waals surface area contributed by atoms with E-state index < -0.39 is 0 Å². The Morgan fingerprint density at radius 3 is 0.632 bits per heavy atom. The molecule has 0 amide bonds. The zero-order valence-corrected chi connectivity index (χ0v) is 16.3. The topological polar surface area (TPSA) is 0 Å². The van der Waals surface area contributed by atoms with Gasteiger partial charge in [-0.2, -0.15) is 0 Å². The molecule has 0 bridgehead atoms. The van der Waals surface area contributed by atoms with Crippen LogP contribution in [0.1, 0.15) is 117 Å². The number of rotatable bonds is 15. The molecule has 0 fully saturated rings. The Labute approximate surface area is 145 Å². The summed E-state index contributed by atoms with van der Waals surface area (Å²) in [5.41, 5.74) is 0. The minimum Gasteiger partial charge on any atom is -0.0654 e. The zero-order valence-electron chi connectivity index (χ0n) is 14.3. The maximum atomic E-state index is 2.29. The predicted octanol–water partition coefficient (Wildman–Crippen LogP) is 6.89. The third-order valence-corrected chi connectivity index (χ3v) is 3.96. The van der Waals surface area contributed by atoms with Crippen molar-refractivity contribution in [2.75, 3.05) is 0 Å². The fraction of sp³-hybridized carbons (Fsp3) is 1.00. The molecule has 0 aliphatic heterocycles. The third-order valence-electron chi connectivity index (χ3n) is 3.96. The Balaban J connectivity index is 0. The Kier molecular flexibility index (Phi) is 25.0. The fourth-order valence-electron chi connectivity index (χ4n) is 2.62. The maximum absolute atomic E-state index is 2.29. The van der Waals surface area contributed by atoms with Gasteiger partial charge in [0.25, 0.3) is 0 Å². The van der Waals surface area contributed by atoms with Crippen LogP contribution in [0.4, 0.5) is 0 Å². The van der Waals surface area contributed by atoms with E-state index in [2.05, 4.69) is 13.8 Å². The Morgan fingerprint density at radius 1 is 0.316 bits per heavy atom. The van der Waals surface area contributed by atoms with Gasteiger partial charge in [-0.1, -0.05) is 117 Å². The molecular formula is C18H38Na. The normalized spacial score (nSPS) is 10.4. The average Bonchev–Trinajstić information content (AvgIpc) is 2.39. The molecule has 0 nitrogen and oxygen atoms in total. The van der Waals surface area contributed by atoms with Crippen LogP contribution < -0.4 is 0 Å². The zero-order chi connectivity index (χ0) is 13.3. The summed E-state index contributed by atoms with van der Waals surface area (Å²) in [6, 6.07) is 0. The molecule has 0 aliphatic carbocycles. The van der Waals surface area contributed by atoms with E-state index in [0.29, 0.717) is 0 Å². The summed E-state index contributed by atoms with van der Waals surface area (Å²) in [6.07, 6.45) is 23.4. The van der Waals surface area contributed by atoms with Crippen molar-refractivity contribution in [2.45, 2.75) is 117 Å². The summed E-state index contributed by atoms with van der Waals surface area (Å²) in [5, 5.41) is 0. The second kappa shape index (κ2) is 21.3. The SMILES string of the molecule is CCCCCCCCCCCCCCCCCC.[Na]. The molecule has 0 N–H and O–H groups in total. The Hall–Kier alpha value is 1.00. The van der Waals surface area contributed by atoms with Crippen LogP contribution in [0.25, 0.3) is 0 Å². The van der Waals surface area contributed by atoms with Crippen LogP contribution >= 0.6 is 0 Å². The van der Waals surface area contributed by atoms with E-state index in [1.54, 1.807) is 0 Å². The first-order valence-electron chi connectivity index (χ1n) is 8.91. The van der Waals surface area contributed by atoms with Crippen molar-refractivity contribution in [1.82, 2.24) is 0 Å². The van der Waals surface area contributed by atoms with Crippen molar-refractivity contribution >= 4 is 29.6 Å². The second-order valence-electron chi connectivity index (χ2n) is 5.95. The number of hydrogen-bond acceptors (Lipinski definition) is 0. The first-order valence-corrected chi connectivity index (χ1v) is 8.91. The molecule has 0 heterocycles. The van der Waals surface area contributed by atoms with E-state index in [1.807, 2.05) is 0 Å². The van der Waals surface area contributed by atoms with Gasteiger partial charge in [-0.3, -0.25) is 0 Å². The van der Waals surface area contributed by atoms with E-state index in [-0.39, 0.29) is 29.6 Å².